The summed E-state index contributed by atoms with van der Waals surface area (Å²) < 4.78 is 0. The van der Waals surface area contributed by atoms with Crippen LogP contribution in [0.3, 0.4) is 0 Å². The summed E-state index contributed by atoms with van der Waals surface area (Å²) in [4.78, 5) is 9.00. The highest BCUT2D eigenvalue weighted by molar-refractivity contribution is 5.75. The molecule has 0 atom stereocenters. The summed E-state index contributed by atoms with van der Waals surface area (Å²) in [5, 5.41) is 7.42. The van der Waals surface area contributed by atoms with E-state index >= 15 is 0 Å². The second-order valence-electron chi connectivity index (χ2n) is 0.519. The maximum Gasteiger partial charge on any atom is 0.300 e. The van der Waals surface area contributed by atoms with Gasteiger partial charge in [-0.2, -0.15) is 0 Å². The monoisotopic (exact) mass is 156 g/mol. The molecule has 0 rings (SSSR count). The Morgan fingerprint density at radius 3 is 1.11 bits per heavy atom. The third-order valence-electron chi connectivity index (χ3n) is 0. The molecule has 7 heteroatoms. The van der Waals surface area contributed by atoms with Gasteiger partial charge >= 0.3 is 0 Å². The van der Waals surface area contributed by atoms with Gasteiger partial charge in [0, 0.05) is 30.0 Å². The van der Waals surface area contributed by atoms with Crippen LogP contribution in [0, 0.1) is 0 Å². The first kappa shape index (κ1) is 62.6. The highest BCUT2D eigenvalue weighted by Gasteiger charge is 1.65. The molecule has 0 saturated carbocycles. The summed E-state index contributed by atoms with van der Waals surface area (Å²) in [5.74, 6) is -0.833. The smallest absolute Gasteiger partial charge is 0.300 e. The van der Waals surface area contributed by atoms with E-state index in [2.05, 4.69) is 0 Å². The molecular weight excluding hydrogens is 144 g/mol. The van der Waals surface area contributed by atoms with Gasteiger partial charge < -0.3 is 27.0 Å². The van der Waals surface area contributed by atoms with Gasteiger partial charge in [-0.3, -0.25) is 4.79 Å². The molecule has 58 valence electrons. The van der Waals surface area contributed by atoms with Crippen LogP contribution in [0.1, 0.15) is 6.92 Å². The highest BCUT2D eigenvalue weighted by atomic mass is 24.3. The summed E-state index contributed by atoms with van der Waals surface area (Å²) in [6.07, 6.45) is 0. The van der Waals surface area contributed by atoms with Crippen LogP contribution in [0.2, 0.25) is 0 Å². The predicted octanol–water partition coefficient (Wildman–Crippen LogP) is -3.59. The van der Waals surface area contributed by atoms with E-state index in [0.717, 1.165) is 6.92 Å². The van der Waals surface area contributed by atoms with Crippen molar-refractivity contribution in [1.82, 2.24) is 0 Å². The molecule has 0 heterocycles. The molecule has 9 N–H and O–H groups in total. The van der Waals surface area contributed by atoms with Gasteiger partial charge in [-0.05, 0) is 0 Å². The second-order valence-corrected chi connectivity index (χ2v) is 0.519. The molecule has 0 fully saturated rings. The fraction of sp³-hybridized carbons (Fsp3) is 0.500. The predicted molar refractivity (Wildman–Crippen MR) is 33.5 cm³/mol. The van der Waals surface area contributed by atoms with Crippen molar-refractivity contribution < 1.29 is 31.8 Å². The Balaban J connectivity index is -0.00000000450. The Kier molecular flexibility index (Phi) is 297. The summed E-state index contributed by atoms with van der Waals surface area (Å²) in [5.41, 5.74) is 0. The minimum atomic E-state index is -0.833. The van der Waals surface area contributed by atoms with E-state index in [0.29, 0.717) is 0 Å². The maximum atomic E-state index is 9.00. The maximum absolute atomic E-state index is 9.00. The summed E-state index contributed by atoms with van der Waals surface area (Å²) >= 11 is 0. The molecule has 0 aromatic rings. The third-order valence-corrected chi connectivity index (χ3v) is 0. The molecule has 6 nitrogen and oxygen atoms in total. The molecule has 0 aliphatic heterocycles. The van der Waals surface area contributed by atoms with Crippen molar-refractivity contribution in [3.05, 3.63) is 0 Å². The third kappa shape index (κ3) is 51300. The first-order valence-electron chi connectivity index (χ1n) is 0.928. The first-order chi connectivity index (χ1) is 1.73. The van der Waals surface area contributed by atoms with Gasteiger partial charge in [-0.15, -0.1) is 0 Å². The van der Waals surface area contributed by atoms with Gasteiger partial charge in [0.2, 0.25) is 0 Å². The number of hydrogen-bond donors (Lipinski definition) is 1. The van der Waals surface area contributed by atoms with Crippen molar-refractivity contribution in [2.24, 2.45) is 0 Å². The van der Waals surface area contributed by atoms with Crippen LogP contribution in [0.4, 0.5) is 0 Å². The van der Waals surface area contributed by atoms with E-state index in [4.69, 9.17) is 9.90 Å². The van der Waals surface area contributed by atoms with Gasteiger partial charge in [0.05, 0.1) is 0 Å². The van der Waals surface area contributed by atoms with E-state index in [1.165, 1.54) is 0 Å². The lowest BCUT2D eigenvalue weighted by atomic mass is 10.9. The van der Waals surface area contributed by atoms with E-state index in [9.17, 15) is 0 Å². The SMILES string of the molecule is CC(=O)O.O.O.O.O.[Mg]. The largest absolute Gasteiger partial charge is 0.481 e. The van der Waals surface area contributed by atoms with Gasteiger partial charge in [0.25, 0.3) is 5.97 Å². The molecular formula is C2H12MgO6. The van der Waals surface area contributed by atoms with Gasteiger partial charge in [-0.1, -0.05) is 0 Å². The second kappa shape index (κ2) is 42.7. The Morgan fingerprint density at radius 1 is 1.11 bits per heavy atom. The van der Waals surface area contributed by atoms with E-state index < -0.39 is 5.97 Å². The lowest BCUT2D eigenvalue weighted by Crippen LogP contribution is -1.78. The quantitative estimate of drug-likeness (QED) is 0.359. The van der Waals surface area contributed by atoms with Crippen LogP contribution >= 0.6 is 0 Å². The van der Waals surface area contributed by atoms with Crippen molar-refractivity contribution in [1.29, 1.82) is 0 Å². The minimum absolute atomic E-state index is 0. The number of carboxylic acids is 1. The number of rotatable bonds is 0. The molecule has 0 bridgehead atoms. The molecule has 0 spiro atoms. The first-order valence-corrected chi connectivity index (χ1v) is 0.928. The normalized spacial score (nSPS) is 2.78. The van der Waals surface area contributed by atoms with Gasteiger partial charge in [-0.25, -0.2) is 0 Å². The fourth-order valence-corrected chi connectivity index (χ4v) is 0. The Bertz CT molecular complexity index is 34.0. The van der Waals surface area contributed by atoms with Crippen LogP contribution in [-0.4, -0.2) is 56.0 Å². The minimum Gasteiger partial charge on any atom is -0.481 e. The van der Waals surface area contributed by atoms with E-state index in [1.807, 2.05) is 0 Å². The molecule has 0 saturated heterocycles. The fourth-order valence-electron chi connectivity index (χ4n) is 0. The van der Waals surface area contributed by atoms with Crippen molar-refractivity contribution in [3.63, 3.8) is 0 Å². The molecule has 0 aromatic carbocycles. The van der Waals surface area contributed by atoms with Crippen LogP contribution in [0.25, 0.3) is 0 Å². The zero-order valence-electron chi connectivity index (χ0n) is 5.06. The van der Waals surface area contributed by atoms with E-state index in [1.54, 1.807) is 0 Å². The lowest BCUT2D eigenvalue weighted by molar-refractivity contribution is -0.134. The van der Waals surface area contributed by atoms with Crippen molar-refractivity contribution in [2.45, 2.75) is 6.92 Å². The summed E-state index contributed by atoms with van der Waals surface area (Å²) in [7, 11) is 0. The molecule has 2 radical (unpaired) electrons. The molecule has 9 heavy (non-hydrogen) atoms. The topological polar surface area (TPSA) is 163 Å². The molecule has 0 aliphatic rings. The van der Waals surface area contributed by atoms with Gasteiger partial charge in [0.15, 0.2) is 0 Å². The Hall–Kier alpha value is 0.0762. The number of hydrogen-bond acceptors (Lipinski definition) is 1. The lowest BCUT2D eigenvalue weighted by Gasteiger charge is -1.59. The van der Waals surface area contributed by atoms with Crippen molar-refractivity contribution in [3.8, 4) is 0 Å². The number of carboxylic acid groups (broad SMARTS) is 1. The van der Waals surface area contributed by atoms with Crippen LogP contribution in [0.5, 0.6) is 0 Å². The van der Waals surface area contributed by atoms with Crippen LogP contribution in [0.15, 0.2) is 0 Å². The molecule has 0 aromatic heterocycles. The number of carbonyl (C=O) groups is 1. The molecule has 0 amide bonds. The van der Waals surface area contributed by atoms with E-state index in [-0.39, 0.29) is 45.0 Å². The zero-order chi connectivity index (χ0) is 3.58. The molecule has 0 aliphatic carbocycles. The number of aliphatic carboxylic acids is 1. The Labute approximate surface area is 68.3 Å². The van der Waals surface area contributed by atoms with Gasteiger partial charge in [0.1, 0.15) is 0 Å². The zero-order valence-corrected chi connectivity index (χ0v) is 6.48. The van der Waals surface area contributed by atoms with Crippen molar-refractivity contribution in [2.75, 3.05) is 0 Å². The average Bonchev–Trinajstić information content (AvgIpc) is 0.811. The standard InChI is InChI=1S/C2H4O2.Mg.4H2O/c1-2(3)4;;;;;/h1H3,(H,3,4);;4*1H2. The molecule has 0 unspecified atom stereocenters. The highest BCUT2D eigenvalue weighted by Crippen LogP contribution is 1.42. The van der Waals surface area contributed by atoms with Crippen molar-refractivity contribution >= 4 is 29.0 Å². The van der Waals surface area contributed by atoms with Crippen LogP contribution in [-0.2, 0) is 4.79 Å². The summed E-state index contributed by atoms with van der Waals surface area (Å²) in [6.45, 7) is 1.08. The average molecular weight is 156 g/mol. The Morgan fingerprint density at radius 2 is 1.11 bits per heavy atom. The van der Waals surface area contributed by atoms with Crippen LogP contribution < -0.4 is 0 Å². The summed E-state index contributed by atoms with van der Waals surface area (Å²) in [6, 6.07) is 0.